The first-order valence-electron chi connectivity index (χ1n) is 7.87. The van der Waals surface area contributed by atoms with Gasteiger partial charge < -0.3 is 19.0 Å². The molecule has 0 atom stereocenters. The fourth-order valence-electron chi connectivity index (χ4n) is 2.93. The van der Waals surface area contributed by atoms with E-state index >= 15 is 0 Å². The Kier molecular flexibility index (Phi) is 4.34. The fraction of sp³-hybridized carbons (Fsp3) is 0.412. The van der Waals surface area contributed by atoms with E-state index in [0.29, 0.717) is 29.8 Å². The average molecular weight is 317 g/mol. The third-order valence-corrected chi connectivity index (χ3v) is 4.43. The minimum absolute atomic E-state index is 0.0886. The monoisotopic (exact) mass is 317 g/mol. The number of likely N-dealkylation sites (N-methyl/N-ethyl adjacent to an activating group) is 1. The summed E-state index contributed by atoms with van der Waals surface area (Å²) in [4.78, 5) is 28.0. The molecule has 23 heavy (non-hydrogen) atoms. The highest BCUT2D eigenvalue weighted by Crippen LogP contribution is 2.20. The number of nitrogens with one attached hydrogen (secondary N) is 1. The first-order chi connectivity index (χ1) is 11.1. The van der Waals surface area contributed by atoms with Crippen molar-refractivity contribution in [3.63, 3.8) is 0 Å². The van der Waals surface area contributed by atoms with E-state index in [1.165, 1.54) is 4.90 Å². The van der Waals surface area contributed by atoms with Gasteiger partial charge >= 0.3 is 5.63 Å². The molecule has 1 fully saturated rings. The highest BCUT2D eigenvalue weighted by atomic mass is 16.5. The highest BCUT2D eigenvalue weighted by Gasteiger charge is 2.26. The standard InChI is InChI=1S/C17H20N2O4/c1-3-18-6-8-19(9-7-18)16(20)14-11-12-10-13(22-2)4-5-15(12)23-17(14)21/h4-5,10-11H,3,6-9H2,1-2H3/p+1. The number of ether oxygens (including phenoxy) is 1. The Labute approximate surface area is 134 Å². The lowest BCUT2D eigenvalue weighted by Gasteiger charge is -2.31. The molecule has 0 bridgehead atoms. The lowest BCUT2D eigenvalue weighted by molar-refractivity contribution is -0.902. The summed E-state index contributed by atoms with van der Waals surface area (Å²) in [5.41, 5.74) is -0.0452. The minimum atomic E-state index is -0.585. The summed E-state index contributed by atoms with van der Waals surface area (Å²) in [5, 5.41) is 0.685. The van der Waals surface area contributed by atoms with Crippen molar-refractivity contribution in [1.82, 2.24) is 4.90 Å². The van der Waals surface area contributed by atoms with E-state index in [0.717, 1.165) is 19.6 Å². The maximum Gasteiger partial charge on any atom is 0.349 e. The van der Waals surface area contributed by atoms with Crippen LogP contribution < -0.4 is 15.3 Å². The zero-order chi connectivity index (χ0) is 16.4. The van der Waals surface area contributed by atoms with Crippen molar-refractivity contribution in [3.8, 4) is 5.75 Å². The molecule has 2 heterocycles. The Hall–Kier alpha value is -2.34. The third kappa shape index (κ3) is 3.07. The third-order valence-electron chi connectivity index (χ3n) is 4.43. The molecule has 0 radical (unpaired) electrons. The second kappa shape index (κ2) is 6.42. The number of fused-ring (bicyclic) bond motifs is 1. The van der Waals surface area contributed by atoms with Gasteiger partial charge in [0, 0.05) is 5.39 Å². The number of benzene rings is 1. The SMILES string of the molecule is CC[NH+]1CCN(C(=O)c2cc3cc(OC)ccc3oc2=O)CC1. The molecule has 0 spiro atoms. The predicted octanol–water partition coefficient (Wildman–Crippen LogP) is 0.162. The lowest BCUT2D eigenvalue weighted by Crippen LogP contribution is -3.14. The van der Waals surface area contributed by atoms with Crippen LogP contribution in [0, 0.1) is 0 Å². The summed E-state index contributed by atoms with van der Waals surface area (Å²) in [6.45, 7) is 6.34. The number of hydrogen-bond donors (Lipinski definition) is 1. The zero-order valence-corrected chi connectivity index (χ0v) is 13.4. The van der Waals surface area contributed by atoms with Crippen LogP contribution in [0.25, 0.3) is 11.0 Å². The van der Waals surface area contributed by atoms with E-state index in [1.807, 2.05) is 0 Å². The number of hydrogen-bond acceptors (Lipinski definition) is 4. The summed E-state index contributed by atoms with van der Waals surface area (Å²) in [6.07, 6.45) is 0. The quantitative estimate of drug-likeness (QED) is 0.819. The molecule has 0 aliphatic carbocycles. The van der Waals surface area contributed by atoms with Gasteiger partial charge in [-0.1, -0.05) is 0 Å². The summed E-state index contributed by atoms with van der Waals surface area (Å²) >= 11 is 0. The van der Waals surface area contributed by atoms with Crippen LogP contribution in [0.4, 0.5) is 0 Å². The highest BCUT2D eigenvalue weighted by molar-refractivity contribution is 5.96. The lowest BCUT2D eigenvalue weighted by atomic mass is 10.1. The Morgan fingerprint density at radius 3 is 2.70 bits per heavy atom. The summed E-state index contributed by atoms with van der Waals surface area (Å²) in [7, 11) is 1.57. The number of methoxy groups -OCH3 is 1. The predicted molar refractivity (Wildman–Crippen MR) is 86.2 cm³/mol. The van der Waals surface area contributed by atoms with Gasteiger partial charge in [-0.2, -0.15) is 0 Å². The molecule has 1 amide bonds. The Morgan fingerprint density at radius 1 is 1.30 bits per heavy atom. The molecule has 6 heteroatoms. The number of nitrogens with zero attached hydrogens (tertiary/aromatic N) is 1. The normalized spacial score (nSPS) is 15.8. The topological polar surface area (TPSA) is 64.2 Å². The molecule has 1 aromatic carbocycles. The summed E-state index contributed by atoms with van der Waals surface area (Å²) in [5.74, 6) is 0.406. The number of carbonyl (C=O) groups excluding carboxylic acids is 1. The molecule has 0 unspecified atom stereocenters. The second-order valence-corrected chi connectivity index (χ2v) is 5.75. The molecule has 3 rings (SSSR count). The van der Waals surface area contributed by atoms with Crippen LogP contribution >= 0.6 is 0 Å². The second-order valence-electron chi connectivity index (χ2n) is 5.75. The number of piperazine rings is 1. The molecule has 1 saturated heterocycles. The first kappa shape index (κ1) is 15.6. The van der Waals surface area contributed by atoms with E-state index in [1.54, 1.807) is 36.3 Å². The molecular weight excluding hydrogens is 296 g/mol. The van der Waals surface area contributed by atoms with Crippen LogP contribution in [0.2, 0.25) is 0 Å². The number of carbonyl (C=O) groups is 1. The minimum Gasteiger partial charge on any atom is -0.497 e. The van der Waals surface area contributed by atoms with Gasteiger partial charge in [0.1, 0.15) is 16.9 Å². The van der Waals surface area contributed by atoms with Crippen molar-refractivity contribution in [1.29, 1.82) is 0 Å². The van der Waals surface area contributed by atoms with Gasteiger partial charge in [0.2, 0.25) is 0 Å². The van der Waals surface area contributed by atoms with Crippen molar-refractivity contribution in [2.75, 3.05) is 39.8 Å². The van der Waals surface area contributed by atoms with E-state index < -0.39 is 5.63 Å². The molecule has 1 aliphatic rings. The van der Waals surface area contributed by atoms with Crippen molar-refractivity contribution in [2.45, 2.75) is 6.92 Å². The van der Waals surface area contributed by atoms with Crippen LogP contribution in [-0.4, -0.2) is 50.6 Å². The maximum atomic E-state index is 12.6. The molecular formula is C17H21N2O4+. The Bertz CT molecular complexity index is 776. The number of rotatable bonds is 3. The van der Waals surface area contributed by atoms with Gasteiger partial charge in [-0.3, -0.25) is 4.79 Å². The zero-order valence-electron chi connectivity index (χ0n) is 13.4. The largest absolute Gasteiger partial charge is 0.497 e. The van der Waals surface area contributed by atoms with Crippen LogP contribution in [0.5, 0.6) is 5.75 Å². The molecule has 1 N–H and O–H groups in total. The maximum absolute atomic E-state index is 12.6. The van der Waals surface area contributed by atoms with Gasteiger partial charge in [-0.05, 0) is 31.2 Å². The molecule has 1 aromatic heterocycles. The molecule has 0 saturated carbocycles. The summed E-state index contributed by atoms with van der Waals surface area (Å²) in [6, 6.07) is 6.76. The fourth-order valence-corrected chi connectivity index (χ4v) is 2.93. The number of quaternary nitrogens is 1. The van der Waals surface area contributed by atoms with E-state index in [2.05, 4.69) is 6.92 Å². The van der Waals surface area contributed by atoms with E-state index in [4.69, 9.17) is 9.15 Å². The van der Waals surface area contributed by atoms with Gasteiger partial charge in [-0.15, -0.1) is 0 Å². The van der Waals surface area contributed by atoms with Gasteiger partial charge in [0.05, 0.1) is 39.8 Å². The molecule has 2 aromatic rings. The Balaban J connectivity index is 1.91. The molecule has 6 nitrogen and oxygen atoms in total. The van der Waals surface area contributed by atoms with Crippen molar-refractivity contribution < 1.29 is 18.8 Å². The van der Waals surface area contributed by atoms with Crippen molar-refractivity contribution in [2.24, 2.45) is 0 Å². The van der Waals surface area contributed by atoms with Gasteiger partial charge in [0.15, 0.2) is 0 Å². The molecule has 1 aliphatic heterocycles. The van der Waals surface area contributed by atoms with E-state index in [9.17, 15) is 9.59 Å². The van der Waals surface area contributed by atoms with Crippen LogP contribution in [0.3, 0.4) is 0 Å². The number of amides is 1. The smallest absolute Gasteiger partial charge is 0.349 e. The van der Waals surface area contributed by atoms with Crippen LogP contribution in [0.1, 0.15) is 17.3 Å². The Morgan fingerprint density at radius 2 is 2.04 bits per heavy atom. The summed E-state index contributed by atoms with van der Waals surface area (Å²) < 4.78 is 10.5. The van der Waals surface area contributed by atoms with Gasteiger partial charge in [-0.25, -0.2) is 4.79 Å². The van der Waals surface area contributed by atoms with Crippen molar-refractivity contribution >= 4 is 16.9 Å². The van der Waals surface area contributed by atoms with Crippen molar-refractivity contribution in [3.05, 3.63) is 40.2 Å². The van der Waals surface area contributed by atoms with E-state index in [-0.39, 0.29) is 11.5 Å². The molecule has 122 valence electrons. The first-order valence-corrected chi connectivity index (χ1v) is 7.87. The average Bonchev–Trinajstić information content (AvgIpc) is 2.60. The van der Waals surface area contributed by atoms with Crippen LogP contribution in [0.15, 0.2) is 33.5 Å². The van der Waals surface area contributed by atoms with Crippen LogP contribution in [-0.2, 0) is 0 Å². The van der Waals surface area contributed by atoms with Gasteiger partial charge in [0.25, 0.3) is 5.91 Å².